The first kappa shape index (κ1) is 37.9. The second-order valence-corrected chi connectivity index (χ2v) is 11.6. The topological polar surface area (TPSA) is 151 Å². The lowest BCUT2D eigenvalue weighted by Gasteiger charge is -2.32. The number of hydrogen-bond donors (Lipinski definition) is 4. The Hall–Kier alpha value is -2.07. The van der Waals surface area contributed by atoms with Gasteiger partial charge < -0.3 is 26.6 Å². The molecule has 0 aromatic rings. The molecule has 0 spiro atoms. The fourth-order valence-corrected chi connectivity index (χ4v) is 4.44. The van der Waals surface area contributed by atoms with E-state index in [4.69, 9.17) is 28.9 Å². The van der Waals surface area contributed by atoms with Gasteiger partial charge in [-0.05, 0) is 50.4 Å². The van der Waals surface area contributed by atoms with Crippen LogP contribution in [0.2, 0.25) is 0 Å². The van der Waals surface area contributed by atoms with Crippen molar-refractivity contribution in [3.8, 4) is 0 Å². The molecule has 1 aliphatic carbocycles. The number of alkyl halides is 2. The molecule has 0 bridgehead atoms. The van der Waals surface area contributed by atoms with Crippen LogP contribution in [0.4, 0.5) is 4.79 Å². The van der Waals surface area contributed by atoms with E-state index in [2.05, 4.69) is 16.0 Å². The van der Waals surface area contributed by atoms with Crippen molar-refractivity contribution in [2.75, 3.05) is 11.9 Å². The third-order valence-electron chi connectivity index (χ3n) is 7.38. The highest BCUT2D eigenvalue weighted by Gasteiger charge is 2.40. The van der Waals surface area contributed by atoms with Crippen molar-refractivity contribution in [1.29, 1.82) is 0 Å². The molecule has 2 aliphatic rings. The van der Waals surface area contributed by atoms with Crippen molar-refractivity contribution in [3.05, 3.63) is 0 Å². The minimum Gasteiger partial charge on any atom is -0.363 e. The van der Waals surface area contributed by atoms with Crippen molar-refractivity contribution in [2.45, 2.75) is 118 Å². The molecule has 0 aromatic heterocycles. The van der Waals surface area contributed by atoms with Crippen LogP contribution in [0, 0.1) is 17.8 Å². The van der Waals surface area contributed by atoms with Crippen LogP contribution >= 0.6 is 23.2 Å². The Bertz CT molecular complexity index is 823. The van der Waals surface area contributed by atoms with Crippen molar-refractivity contribution in [3.63, 3.8) is 0 Å². The van der Waals surface area contributed by atoms with Gasteiger partial charge in [0.1, 0.15) is 12.1 Å². The number of Topliss-reactive ketones (excluding diaryl/α,β-unsaturated/α-hetero) is 1. The predicted octanol–water partition coefficient (Wildman–Crippen LogP) is 3.91. The van der Waals surface area contributed by atoms with E-state index >= 15 is 0 Å². The van der Waals surface area contributed by atoms with Gasteiger partial charge in [0.15, 0.2) is 0 Å². The third-order valence-corrected chi connectivity index (χ3v) is 7.38. The van der Waals surface area contributed by atoms with Gasteiger partial charge >= 0.3 is 6.03 Å². The molecule has 10 nitrogen and oxygen atoms in total. The van der Waals surface area contributed by atoms with E-state index in [9.17, 15) is 24.0 Å². The van der Waals surface area contributed by atoms with Crippen LogP contribution in [-0.4, -0.2) is 70.5 Å². The molecule has 1 aliphatic heterocycles. The van der Waals surface area contributed by atoms with Gasteiger partial charge in [0, 0.05) is 12.6 Å². The molecule has 1 saturated carbocycles. The summed E-state index contributed by atoms with van der Waals surface area (Å²) in [5.41, 5.74) is 5.22. The Morgan fingerprint density at radius 2 is 1.45 bits per heavy atom. The van der Waals surface area contributed by atoms with E-state index in [1.807, 2.05) is 48.5 Å². The summed E-state index contributed by atoms with van der Waals surface area (Å²) in [4.78, 5) is 64.4. The minimum atomic E-state index is -1.08. The standard InChI is InChI=1S/C25H43N5O5.C2H6.CH2Cl2/c1-14(2)16(5)27-25(35)29-20(15(3)4)24(34)30-13-7-10-19(30)23(33)28-18(21(31)22(26)32)12-11-17-8-6-9-17;1-2;2-1-3/h14-20H,6-13H2,1-5H3,(H2,26,32)(H,28,33)(H2,27,29,35);1-2H3;1H2. The second-order valence-electron chi connectivity index (χ2n) is 10.8. The van der Waals surface area contributed by atoms with Crippen LogP contribution in [0.3, 0.4) is 0 Å². The Labute approximate surface area is 250 Å². The molecule has 2 rings (SSSR count). The Kier molecular flexibility index (Phi) is 18.9. The van der Waals surface area contributed by atoms with Gasteiger partial charge in [-0.3, -0.25) is 19.2 Å². The normalized spacial score (nSPS) is 18.7. The molecule has 4 atom stereocenters. The molecule has 1 saturated heterocycles. The van der Waals surface area contributed by atoms with E-state index in [1.165, 1.54) is 4.90 Å². The zero-order chi connectivity index (χ0) is 31.0. The van der Waals surface area contributed by atoms with Crippen LogP contribution in [-0.2, 0) is 19.2 Å². The fourth-order valence-electron chi connectivity index (χ4n) is 4.44. The Morgan fingerprint density at radius 1 is 0.875 bits per heavy atom. The summed E-state index contributed by atoms with van der Waals surface area (Å²) in [6.45, 7) is 13.9. The maximum Gasteiger partial charge on any atom is 0.315 e. The zero-order valence-electron chi connectivity index (χ0n) is 25.2. The average molecular weight is 609 g/mol. The number of rotatable bonds is 12. The highest BCUT2D eigenvalue weighted by atomic mass is 35.5. The highest BCUT2D eigenvalue weighted by molar-refractivity contribution is 6.40. The highest BCUT2D eigenvalue weighted by Crippen LogP contribution is 2.31. The second kappa shape index (κ2) is 19.9. The number of primary amides is 1. The van der Waals surface area contributed by atoms with Gasteiger partial charge in [-0.2, -0.15) is 0 Å². The van der Waals surface area contributed by atoms with Crippen LogP contribution in [0.5, 0.6) is 0 Å². The first-order valence-electron chi connectivity index (χ1n) is 14.5. The van der Waals surface area contributed by atoms with Gasteiger partial charge in [0.2, 0.25) is 17.6 Å². The summed E-state index contributed by atoms with van der Waals surface area (Å²) in [6.07, 6.45) is 5.49. The SMILES string of the molecule is CC.CC(C)C(C)NC(=O)NC(C(=O)N1CCCC1C(=O)NC(CCC1CCC1)C(=O)C(N)=O)C(C)C.ClCCl. The summed E-state index contributed by atoms with van der Waals surface area (Å²) in [7, 11) is 0. The molecule has 2 fully saturated rings. The van der Waals surface area contributed by atoms with Crippen molar-refractivity contribution in [2.24, 2.45) is 23.5 Å². The fraction of sp³-hybridized carbons (Fsp3) is 0.821. The van der Waals surface area contributed by atoms with Gasteiger partial charge in [-0.15, -0.1) is 23.2 Å². The quantitative estimate of drug-likeness (QED) is 0.196. The van der Waals surface area contributed by atoms with Gasteiger partial charge in [0.05, 0.1) is 11.4 Å². The summed E-state index contributed by atoms with van der Waals surface area (Å²) in [5, 5.41) is 8.50. The molecular weight excluding hydrogens is 557 g/mol. The predicted molar refractivity (Wildman–Crippen MR) is 160 cm³/mol. The molecule has 5 N–H and O–H groups in total. The molecule has 5 amide bonds. The molecule has 12 heteroatoms. The van der Waals surface area contributed by atoms with E-state index in [-0.39, 0.29) is 29.1 Å². The number of nitrogens with zero attached hydrogens (tertiary/aromatic N) is 1. The van der Waals surface area contributed by atoms with E-state index in [0.717, 1.165) is 25.7 Å². The first-order chi connectivity index (χ1) is 18.8. The number of carbonyl (C=O) groups excluding carboxylic acids is 5. The molecule has 0 radical (unpaired) electrons. The lowest BCUT2D eigenvalue weighted by molar-refractivity contribution is -0.142. The number of amides is 5. The minimum absolute atomic E-state index is 0.0668. The Balaban J connectivity index is 0.00000284. The monoisotopic (exact) mass is 607 g/mol. The number of hydrogen-bond acceptors (Lipinski definition) is 5. The molecule has 232 valence electrons. The van der Waals surface area contributed by atoms with Crippen LogP contribution in [0.25, 0.3) is 0 Å². The molecule has 40 heavy (non-hydrogen) atoms. The largest absolute Gasteiger partial charge is 0.363 e. The number of nitrogens with one attached hydrogen (secondary N) is 3. The summed E-state index contributed by atoms with van der Waals surface area (Å²) in [5.74, 6) is -2.15. The maximum absolute atomic E-state index is 13.4. The first-order valence-corrected chi connectivity index (χ1v) is 15.5. The number of carbonyl (C=O) groups is 5. The van der Waals surface area contributed by atoms with Gasteiger partial charge in [0.25, 0.3) is 5.91 Å². The number of nitrogens with two attached hydrogens (primary N) is 1. The summed E-state index contributed by atoms with van der Waals surface area (Å²) in [6, 6.07) is -3.05. The van der Waals surface area contributed by atoms with Crippen molar-refractivity contribution >= 4 is 52.7 Å². The third kappa shape index (κ3) is 12.6. The number of urea groups is 1. The lowest BCUT2D eigenvalue weighted by Crippen LogP contribution is -2.58. The van der Waals surface area contributed by atoms with E-state index < -0.39 is 41.8 Å². The van der Waals surface area contributed by atoms with Crippen molar-refractivity contribution < 1.29 is 24.0 Å². The molecule has 0 aromatic carbocycles. The summed E-state index contributed by atoms with van der Waals surface area (Å²) < 4.78 is 0. The smallest absolute Gasteiger partial charge is 0.315 e. The van der Waals surface area contributed by atoms with E-state index in [1.54, 1.807) is 0 Å². The van der Waals surface area contributed by atoms with Crippen LogP contribution in [0.1, 0.15) is 93.4 Å². The molecule has 4 unspecified atom stereocenters. The van der Waals surface area contributed by atoms with Crippen molar-refractivity contribution in [1.82, 2.24) is 20.9 Å². The van der Waals surface area contributed by atoms with Crippen LogP contribution < -0.4 is 21.7 Å². The Morgan fingerprint density at radius 3 is 1.90 bits per heavy atom. The van der Waals surface area contributed by atoms with Gasteiger partial charge in [-0.1, -0.05) is 60.8 Å². The average Bonchev–Trinajstić information content (AvgIpc) is 3.36. The van der Waals surface area contributed by atoms with Gasteiger partial charge in [-0.25, -0.2) is 4.79 Å². The maximum atomic E-state index is 13.4. The number of halogens is 2. The molecular formula is C28H51Cl2N5O5. The van der Waals surface area contributed by atoms with E-state index in [0.29, 0.717) is 31.7 Å². The molecule has 1 heterocycles. The summed E-state index contributed by atoms with van der Waals surface area (Å²) >= 11 is 9.53. The zero-order valence-corrected chi connectivity index (χ0v) is 26.7. The van der Waals surface area contributed by atoms with Crippen LogP contribution in [0.15, 0.2) is 0 Å². The number of likely N-dealkylation sites (tertiary alicyclic amines) is 1. The lowest BCUT2D eigenvalue weighted by atomic mass is 9.81. The number of ketones is 1.